The lowest BCUT2D eigenvalue weighted by molar-refractivity contribution is 0.0920. The van der Waals surface area contributed by atoms with Gasteiger partial charge in [0.2, 0.25) is 0 Å². The van der Waals surface area contributed by atoms with Crippen LogP contribution >= 0.6 is 11.3 Å². The molecule has 4 heteroatoms. The Morgan fingerprint density at radius 2 is 2.25 bits per heavy atom. The Morgan fingerprint density at radius 1 is 1.56 bits per heavy atom. The summed E-state index contributed by atoms with van der Waals surface area (Å²) >= 11 is 1.40. The van der Waals surface area contributed by atoms with E-state index in [0.29, 0.717) is 5.56 Å². The Balaban J connectivity index is 2.75. The summed E-state index contributed by atoms with van der Waals surface area (Å²) in [6, 6.07) is 1.73. The minimum Gasteiger partial charge on any atom is -0.384 e. The van der Waals surface area contributed by atoms with Gasteiger partial charge in [-0.3, -0.25) is 4.79 Å². The maximum Gasteiger partial charge on any atom is 0.252 e. The molecular formula is C12H15NO2S. The molecule has 0 aliphatic carbocycles. The summed E-state index contributed by atoms with van der Waals surface area (Å²) in [5.74, 6) is 5.22. The van der Waals surface area contributed by atoms with Gasteiger partial charge >= 0.3 is 0 Å². The van der Waals surface area contributed by atoms with Gasteiger partial charge in [0.1, 0.15) is 6.61 Å². The van der Waals surface area contributed by atoms with Crippen LogP contribution in [-0.4, -0.2) is 23.2 Å². The molecule has 86 valence electrons. The van der Waals surface area contributed by atoms with E-state index in [0.717, 1.165) is 4.88 Å². The van der Waals surface area contributed by atoms with E-state index >= 15 is 0 Å². The van der Waals surface area contributed by atoms with E-state index in [9.17, 15) is 4.79 Å². The van der Waals surface area contributed by atoms with Crippen molar-refractivity contribution in [3.8, 4) is 11.8 Å². The second-order valence-corrected chi connectivity index (χ2v) is 5.27. The predicted molar refractivity (Wildman–Crippen MR) is 65.5 cm³/mol. The Labute approximate surface area is 99.5 Å². The topological polar surface area (TPSA) is 49.3 Å². The summed E-state index contributed by atoms with van der Waals surface area (Å²) in [5, 5.41) is 13.2. The summed E-state index contributed by atoms with van der Waals surface area (Å²) in [6.45, 7) is 5.64. The second kappa shape index (κ2) is 5.15. The monoisotopic (exact) mass is 237 g/mol. The highest BCUT2D eigenvalue weighted by molar-refractivity contribution is 7.10. The molecule has 0 saturated heterocycles. The Kier molecular flexibility index (Phi) is 4.11. The summed E-state index contributed by atoms with van der Waals surface area (Å²) < 4.78 is 0. The first-order chi connectivity index (χ1) is 7.42. The minimum atomic E-state index is -0.240. The maximum atomic E-state index is 11.7. The van der Waals surface area contributed by atoms with Gasteiger partial charge in [0, 0.05) is 10.9 Å². The van der Waals surface area contributed by atoms with E-state index in [4.69, 9.17) is 5.11 Å². The average molecular weight is 237 g/mol. The van der Waals surface area contributed by atoms with E-state index in [1.807, 2.05) is 20.8 Å². The van der Waals surface area contributed by atoms with Crippen molar-refractivity contribution in [3.05, 3.63) is 21.9 Å². The SMILES string of the molecule is CC(C)(C)NC(=O)c1csc(C#CCO)c1. The zero-order valence-electron chi connectivity index (χ0n) is 9.63. The van der Waals surface area contributed by atoms with Crippen LogP contribution in [0.2, 0.25) is 0 Å². The second-order valence-electron chi connectivity index (χ2n) is 4.36. The van der Waals surface area contributed by atoms with Crippen molar-refractivity contribution in [2.24, 2.45) is 0 Å². The Hall–Kier alpha value is -1.31. The number of thiophene rings is 1. The van der Waals surface area contributed by atoms with E-state index < -0.39 is 0 Å². The molecule has 0 bridgehead atoms. The number of aliphatic hydroxyl groups is 1. The minimum absolute atomic E-state index is 0.0965. The largest absolute Gasteiger partial charge is 0.384 e. The Bertz CT molecular complexity index is 432. The molecule has 3 nitrogen and oxygen atoms in total. The predicted octanol–water partition coefficient (Wildman–Crippen LogP) is 1.62. The fraction of sp³-hybridized carbons (Fsp3) is 0.417. The van der Waals surface area contributed by atoms with E-state index in [2.05, 4.69) is 17.2 Å². The Morgan fingerprint density at radius 3 is 2.81 bits per heavy atom. The van der Waals surface area contributed by atoms with E-state index in [1.54, 1.807) is 11.4 Å². The number of carbonyl (C=O) groups is 1. The molecule has 1 aromatic heterocycles. The molecule has 0 aliphatic rings. The molecule has 0 aromatic carbocycles. The van der Waals surface area contributed by atoms with Crippen LogP contribution in [0.5, 0.6) is 0 Å². The molecule has 1 heterocycles. The van der Waals surface area contributed by atoms with Crippen molar-refractivity contribution >= 4 is 17.2 Å². The number of rotatable bonds is 1. The van der Waals surface area contributed by atoms with Gasteiger partial charge in [0.05, 0.1) is 10.4 Å². The highest BCUT2D eigenvalue weighted by Crippen LogP contribution is 2.14. The maximum absolute atomic E-state index is 11.7. The highest BCUT2D eigenvalue weighted by atomic mass is 32.1. The summed E-state index contributed by atoms with van der Waals surface area (Å²) in [5.41, 5.74) is 0.373. The smallest absolute Gasteiger partial charge is 0.252 e. The molecule has 0 fully saturated rings. The van der Waals surface area contributed by atoms with Crippen LogP contribution in [-0.2, 0) is 0 Å². The number of amides is 1. The molecule has 0 spiro atoms. The zero-order valence-corrected chi connectivity index (χ0v) is 10.4. The van der Waals surface area contributed by atoms with Crippen LogP contribution < -0.4 is 5.32 Å². The molecule has 2 N–H and O–H groups in total. The average Bonchev–Trinajstić information content (AvgIpc) is 2.60. The highest BCUT2D eigenvalue weighted by Gasteiger charge is 2.15. The molecule has 1 rings (SSSR count). The molecule has 16 heavy (non-hydrogen) atoms. The first-order valence-corrected chi connectivity index (χ1v) is 5.81. The van der Waals surface area contributed by atoms with Gasteiger partial charge in [-0.1, -0.05) is 11.8 Å². The molecule has 0 unspecified atom stereocenters. The van der Waals surface area contributed by atoms with Crippen molar-refractivity contribution in [2.75, 3.05) is 6.61 Å². The molecule has 0 atom stereocenters. The van der Waals surface area contributed by atoms with Crippen LogP contribution in [0.25, 0.3) is 0 Å². The van der Waals surface area contributed by atoms with Crippen molar-refractivity contribution < 1.29 is 9.90 Å². The standard InChI is InChI=1S/C12H15NO2S/c1-12(2,3)13-11(15)9-7-10(16-8-9)5-4-6-14/h7-8,14H,6H2,1-3H3,(H,13,15). The first-order valence-electron chi connectivity index (χ1n) is 4.93. The van der Waals surface area contributed by atoms with E-state index in [1.165, 1.54) is 11.3 Å². The molecular weight excluding hydrogens is 222 g/mol. The summed E-state index contributed by atoms with van der Waals surface area (Å²) in [6.07, 6.45) is 0. The number of carbonyl (C=O) groups excluding carboxylic acids is 1. The van der Waals surface area contributed by atoms with Crippen LogP contribution in [0.15, 0.2) is 11.4 Å². The lowest BCUT2D eigenvalue weighted by Crippen LogP contribution is -2.40. The van der Waals surface area contributed by atoms with Gasteiger partial charge in [-0.25, -0.2) is 0 Å². The fourth-order valence-electron chi connectivity index (χ4n) is 1.06. The number of aliphatic hydroxyl groups excluding tert-OH is 1. The van der Waals surface area contributed by atoms with Gasteiger partial charge in [-0.2, -0.15) is 0 Å². The third-order valence-electron chi connectivity index (χ3n) is 1.64. The first kappa shape index (κ1) is 12.8. The van der Waals surface area contributed by atoms with Crippen molar-refractivity contribution in [2.45, 2.75) is 26.3 Å². The third-order valence-corrected chi connectivity index (χ3v) is 2.49. The normalized spacial score (nSPS) is 10.5. The van der Waals surface area contributed by atoms with Crippen molar-refractivity contribution in [1.82, 2.24) is 5.32 Å². The molecule has 0 aliphatic heterocycles. The van der Waals surface area contributed by atoms with Crippen LogP contribution in [0.1, 0.15) is 36.0 Å². The van der Waals surface area contributed by atoms with Gasteiger partial charge in [-0.15, -0.1) is 11.3 Å². The van der Waals surface area contributed by atoms with Crippen LogP contribution in [0, 0.1) is 11.8 Å². The zero-order chi connectivity index (χ0) is 12.2. The third kappa shape index (κ3) is 4.05. The quantitative estimate of drug-likeness (QED) is 0.729. The van der Waals surface area contributed by atoms with Crippen molar-refractivity contribution in [3.63, 3.8) is 0 Å². The van der Waals surface area contributed by atoms with Gasteiger partial charge in [0.15, 0.2) is 0 Å². The molecule has 0 radical (unpaired) electrons. The molecule has 1 amide bonds. The van der Waals surface area contributed by atoms with Gasteiger partial charge in [-0.05, 0) is 26.8 Å². The van der Waals surface area contributed by atoms with Gasteiger partial charge < -0.3 is 10.4 Å². The fourth-order valence-corrected chi connectivity index (χ4v) is 1.82. The van der Waals surface area contributed by atoms with Gasteiger partial charge in [0.25, 0.3) is 5.91 Å². The molecule has 1 aromatic rings. The van der Waals surface area contributed by atoms with Crippen LogP contribution in [0.3, 0.4) is 0 Å². The van der Waals surface area contributed by atoms with Crippen molar-refractivity contribution in [1.29, 1.82) is 0 Å². The summed E-state index contributed by atoms with van der Waals surface area (Å²) in [4.78, 5) is 12.5. The lowest BCUT2D eigenvalue weighted by atomic mass is 10.1. The van der Waals surface area contributed by atoms with Crippen LogP contribution in [0.4, 0.5) is 0 Å². The molecule has 0 saturated carbocycles. The van der Waals surface area contributed by atoms with E-state index in [-0.39, 0.29) is 18.1 Å². The lowest BCUT2D eigenvalue weighted by Gasteiger charge is -2.19. The number of hydrogen-bond donors (Lipinski definition) is 2. The summed E-state index contributed by atoms with van der Waals surface area (Å²) in [7, 11) is 0. The number of nitrogens with one attached hydrogen (secondary N) is 1. The number of hydrogen-bond acceptors (Lipinski definition) is 3.